The average molecular weight is 1250 g/mol. The van der Waals surface area contributed by atoms with E-state index in [1.165, 1.54) is 59.7 Å². The number of aryl methyl sites for hydroxylation is 1. The molecule has 478 valence electrons. The van der Waals surface area contributed by atoms with Crippen LogP contribution in [0.3, 0.4) is 0 Å². The Hall–Kier alpha value is -6.54. The van der Waals surface area contributed by atoms with Gasteiger partial charge >= 0.3 is 17.2 Å². The number of hydrogen-bond acceptors (Lipinski definition) is 9. The first-order chi connectivity index (χ1) is 42.1. The van der Waals surface area contributed by atoms with Crippen molar-refractivity contribution in [3.63, 3.8) is 0 Å². The van der Waals surface area contributed by atoms with Gasteiger partial charge in [-0.1, -0.05) is 170 Å². The lowest BCUT2D eigenvalue weighted by Crippen LogP contribution is -2.52. The monoisotopic (exact) mass is 1250 g/mol. The Bertz CT molecular complexity index is 3380. The van der Waals surface area contributed by atoms with Gasteiger partial charge in [-0.15, -0.1) is 0 Å². The summed E-state index contributed by atoms with van der Waals surface area (Å²) < 4.78 is 74.7. The first kappa shape index (κ1) is 69.9. The van der Waals surface area contributed by atoms with Gasteiger partial charge in [0.05, 0.1) is 21.7 Å². The van der Waals surface area contributed by atoms with Crippen molar-refractivity contribution < 1.29 is 50.7 Å². The van der Waals surface area contributed by atoms with Crippen LogP contribution in [0.2, 0.25) is 0 Å². The summed E-state index contributed by atoms with van der Waals surface area (Å²) in [5.74, 6) is 3.51. The van der Waals surface area contributed by atoms with Crippen LogP contribution in [0.25, 0.3) is 10.8 Å². The number of benzene rings is 7. The van der Waals surface area contributed by atoms with Gasteiger partial charge in [0.25, 0.3) is 0 Å². The maximum Gasteiger partial charge on any atom is 0.369 e. The lowest BCUT2D eigenvalue weighted by atomic mass is 9.49. The third-order valence-electron chi connectivity index (χ3n) is 19.1. The maximum atomic E-state index is 13.5. The van der Waals surface area contributed by atoms with Gasteiger partial charge < -0.3 is 23.9 Å². The minimum atomic E-state index is -5.86. The quantitative estimate of drug-likeness (QED) is 0.0408. The van der Waals surface area contributed by atoms with Gasteiger partial charge in [0.2, 0.25) is 0 Å². The molecule has 5 aliphatic rings. The third kappa shape index (κ3) is 17.7. The molecule has 5 aliphatic carbocycles. The van der Waals surface area contributed by atoms with Crippen molar-refractivity contribution >= 4 is 43.7 Å². The summed E-state index contributed by atoms with van der Waals surface area (Å²) >= 11 is 0. The lowest BCUT2D eigenvalue weighted by Gasteiger charge is -2.55. The molecule has 7 aromatic rings. The largest absolute Gasteiger partial charge is 0.743 e. The molecule has 0 radical (unpaired) electrons. The Morgan fingerprint density at radius 3 is 1.58 bits per heavy atom. The van der Waals surface area contributed by atoms with Gasteiger partial charge in [0, 0.05) is 0 Å². The third-order valence-corrected chi connectivity index (χ3v) is 22.3. The minimum Gasteiger partial charge on any atom is -0.743 e. The number of aromatic hydroxyl groups is 1. The Kier molecular flexibility index (Phi) is 24.0. The molecule has 89 heavy (non-hydrogen) atoms. The zero-order valence-corrected chi connectivity index (χ0v) is 55.9. The van der Waals surface area contributed by atoms with E-state index in [2.05, 4.69) is 177 Å². The number of carbonyl (C=O) groups excluding carboxylic acids is 2. The van der Waals surface area contributed by atoms with Crippen molar-refractivity contribution in [3.8, 4) is 11.5 Å². The summed E-state index contributed by atoms with van der Waals surface area (Å²) in [4.78, 5) is 28.2. The number of carbonyl (C=O) groups is 2. The highest BCUT2D eigenvalue weighted by atomic mass is 32.2. The molecule has 7 aromatic carbocycles. The van der Waals surface area contributed by atoms with Crippen LogP contribution in [0.4, 0.5) is 8.78 Å². The zero-order valence-electron chi connectivity index (χ0n) is 54.3. The van der Waals surface area contributed by atoms with Crippen LogP contribution >= 0.6 is 0 Å². The smallest absolute Gasteiger partial charge is 0.369 e. The molecule has 4 atom stereocenters. The van der Waals surface area contributed by atoms with Crippen molar-refractivity contribution in [1.82, 2.24) is 0 Å². The molecule has 0 amide bonds. The van der Waals surface area contributed by atoms with Crippen LogP contribution in [0.5, 0.6) is 11.5 Å². The second kappa shape index (κ2) is 30.5. The van der Waals surface area contributed by atoms with Gasteiger partial charge in [0.1, 0.15) is 24.7 Å². The molecule has 4 saturated carbocycles. The Morgan fingerprint density at radius 1 is 0.652 bits per heavy atom. The fourth-order valence-electron chi connectivity index (χ4n) is 12.7. The fraction of sp³-hybridized carbons (Fsp3) is 0.447. The first-order valence-electron chi connectivity index (χ1n) is 31.8. The van der Waals surface area contributed by atoms with E-state index in [9.17, 15) is 31.3 Å². The molecule has 0 spiro atoms. The maximum absolute atomic E-state index is 13.5. The molecule has 12 rings (SSSR count). The second-order valence-corrected chi connectivity index (χ2v) is 29.7. The molecule has 4 bridgehead atoms. The number of rotatable bonds is 17. The molecule has 4 fully saturated rings. The lowest BCUT2D eigenvalue weighted by molar-refractivity contribution is -0.185. The Morgan fingerprint density at radius 2 is 1.13 bits per heavy atom. The number of esters is 2. The number of phenolic OH excluding ortho intramolecular Hbond substituents is 1. The topological polar surface area (TPSA) is 139 Å². The Labute approximate surface area is 532 Å². The number of hydrogen-bond donors (Lipinski definition) is 1. The van der Waals surface area contributed by atoms with E-state index < -0.39 is 38.3 Å². The molecule has 1 N–H and O–H groups in total. The van der Waals surface area contributed by atoms with Crippen LogP contribution < -0.4 is 4.74 Å². The molecule has 0 aromatic heterocycles. The molecule has 13 heteroatoms. The van der Waals surface area contributed by atoms with E-state index in [1.807, 2.05) is 57.2 Å². The van der Waals surface area contributed by atoms with Gasteiger partial charge in [-0.2, -0.15) is 8.78 Å². The molecular formula is C76H94F2O9S2. The summed E-state index contributed by atoms with van der Waals surface area (Å²) in [5, 5.41) is 7.40. The summed E-state index contributed by atoms with van der Waals surface area (Å²) in [7, 11) is -6.04. The molecule has 0 heterocycles. The number of halogens is 2. The summed E-state index contributed by atoms with van der Waals surface area (Å²) in [6, 6.07) is 58.9. The van der Waals surface area contributed by atoms with Crippen LogP contribution in [0.1, 0.15) is 180 Å². The van der Waals surface area contributed by atoms with Crippen molar-refractivity contribution in [2.45, 2.75) is 190 Å². The summed E-state index contributed by atoms with van der Waals surface area (Å²) in [6.45, 7) is 25.0. The van der Waals surface area contributed by atoms with E-state index >= 15 is 0 Å². The highest BCUT2D eigenvalue weighted by Gasteiger charge is 2.57. The minimum absolute atomic E-state index is 0.172. The standard InChI is InChI=1S/C26H29O3S.C14H20F2O5S.C14H14.C11H16O.C11H16/c1-4-26(2,3)25(27)29-20-19-28-21-15-17-24(18-16-21)30(22-11-7-5-8-12-22)23-13-9-6-10-14-23;1-8(14(15,16)22(18,19)20)21-12(17)13-5-9-2-10(6-13)4-11(3-9)7-13;1-9-10(2)13-8-4-6-11-5-3-7-12(9)14(11)13;1-4-11(2,3)9-5-7-10(12)8-6-9;1-4-10(3)11-7-5-9(2)6-8-11/h5-18H,4,19-20H2,1-3H3;8-11H,2-7H2,1H3,(H,18,19,20);3-10H,1-2H3;5-8,12H,4H2,1-3H3;5-8,10H,4H2,1-3H3/q+1;;;;/p-1. The molecule has 4 unspecified atom stereocenters. The van der Waals surface area contributed by atoms with E-state index in [4.69, 9.17) is 19.3 Å². The van der Waals surface area contributed by atoms with Gasteiger partial charge in [-0.3, -0.25) is 9.59 Å². The second-order valence-electron chi connectivity index (χ2n) is 26.3. The van der Waals surface area contributed by atoms with Crippen LogP contribution in [0, 0.1) is 35.5 Å². The predicted octanol–water partition coefficient (Wildman–Crippen LogP) is 19.1. The fourth-order valence-corrected chi connectivity index (χ4v) is 15.2. The van der Waals surface area contributed by atoms with E-state index in [0.29, 0.717) is 67.1 Å². The van der Waals surface area contributed by atoms with Crippen LogP contribution in [0.15, 0.2) is 185 Å². The van der Waals surface area contributed by atoms with Crippen molar-refractivity contribution in [2.75, 3.05) is 13.2 Å². The average Bonchev–Trinajstić information content (AvgIpc) is 1.24. The number of alkyl halides is 2. The first-order valence-corrected chi connectivity index (χ1v) is 34.4. The van der Waals surface area contributed by atoms with E-state index in [1.54, 1.807) is 12.1 Å². The van der Waals surface area contributed by atoms with Crippen molar-refractivity contribution in [3.05, 3.63) is 198 Å². The number of ether oxygens (including phenoxy) is 3. The zero-order chi connectivity index (χ0) is 64.9. The van der Waals surface area contributed by atoms with E-state index in [-0.39, 0.29) is 28.9 Å². The molecule has 0 aliphatic heterocycles. The Balaban J connectivity index is 0.000000168. The van der Waals surface area contributed by atoms with Crippen LogP contribution in [-0.4, -0.2) is 54.6 Å². The highest BCUT2D eigenvalue weighted by molar-refractivity contribution is 7.97. The molecule has 0 saturated heterocycles. The van der Waals surface area contributed by atoms with Gasteiger partial charge in [0.15, 0.2) is 30.9 Å². The molecule has 9 nitrogen and oxygen atoms in total. The SMILES string of the molecule is CC(OC(=O)C12CC3CC(CC(C3)C1)C2)C(F)(F)S(=O)(=O)[O-].CC1c2cccc3cccc(c23)C1C.CCC(C)(C)C(=O)OCCOc1ccc([S+](c2ccccc2)c2ccccc2)cc1.CCC(C)(C)c1ccc(O)cc1.CCC(C)c1ccc(C)cc1. The van der Waals surface area contributed by atoms with E-state index in [0.717, 1.165) is 44.8 Å². The normalized spacial score (nSPS) is 20.4. The van der Waals surface area contributed by atoms with Crippen LogP contribution in [-0.2, 0) is 45.5 Å². The predicted molar refractivity (Wildman–Crippen MR) is 355 cm³/mol. The van der Waals surface area contributed by atoms with Gasteiger partial charge in [-0.25, -0.2) is 8.42 Å². The molecular weight excluding hydrogens is 1160 g/mol. The summed E-state index contributed by atoms with van der Waals surface area (Å²) in [5.41, 5.74) is 6.15. The van der Waals surface area contributed by atoms with Crippen molar-refractivity contribution in [2.24, 2.45) is 28.6 Å². The number of phenols is 1. The summed E-state index contributed by atoms with van der Waals surface area (Å²) in [6.07, 6.45) is 5.92. The van der Waals surface area contributed by atoms with Crippen molar-refractivity contribution in [1.29, 1.82) is 0 Å². The highest BCUT2D eigenvalue weighted by Crippen LogP contribution is 2.60. The van der Waals surface area contributed by atoms with Gasteiger partial charge in [-0.05, 0) is 220 Å².